The molecule has 0 radical (unpaired) electrons. The zero-order valence-corrected chi connectivity index (χ0v) is 12.0. The van der Waals surface area contributed by atoms with Gasteiger partial charge in [-0.25, -0.2) is 0 Å². The predicted octanol–water partition coefficient (Wildman–Crippen LogP) is 0.877. The number of methoxy groups -OCH3 is 1. The molecule has 2 rings (SSSR count). The van der Waals surface area contributed by atoms with Crippen LogP contribution in [0.1, 0.15) is 11.3 Å². The van der Waals surface area contributed by atoms with E-state index in [1.807, 2.05) is 29.1 Å². The van der Waals surface area contributed by atoms with Crippen LogP contribution in [-0.4, -0.2) is 40.6 Å². The van der Waals surface area contributed by atoms with Crippen molar-refractivity contribution >= 4 is 0 Å². The van der Waals surface area contributed by atoms with Gasteiger partial charge in [0.15, 0.2) is 0 Å². The van der Waals surface area contributed by atoms with Gasteiger partial charge in [-0.05, 0) is 13.1 Å². The van der Waals surface area contributed by atoms with Crippen LogP contribution in [-0.2, 0) is 19.6 Å². The number of hydrogen-bond donors (Lipinski definition) is 1. The van der Waals surface area contributed by atoms with E-state index in [0.29, 0.717) is 6.54 Å². The Morgan fingerprint density at radius 3 is 2.85 bits per heavy atom. The summed E-state index contributed by atoms with van der Waals surface area (Å²) in [7, 11) is 3.77. The molecule has 0 saturated heterocycles. The second-order valence-electron chi connectivity index (χ2n) is 4.73. The molecule has 1 heterocycles. The first-order valence-electron chi connectivity index (χ1n) is 6.62. The van der Waals surface area contributed by atoms with E-state index < -0.39 is 0 Å². The van der Waals surface area contributed by atoms with Gasteiger partial charge >= 0.3 is 0 Å². The zero-order valence-electron chi connectivity index (χ0n) is 12.0. The minimum Gasteiger partial charge on any atom is -0.496 e. The second kappa shape index (κ2) is 7.02. The molecule has 0 aliphatic heterocycles. The molecule has 0 fully saturated rings. The van der Waals surface area contributed by atoms with Crippen molar-refractivity contribution in [3.63, 3.8) is 0 Å². The molecular formula is C14H21N5O. The van der Waals surface area contributed by atoms with Crippen LogP contribution in [0.15, 0.2) is 30.5 Å². The summed E-state index contributed by atoms with van der Waals surface area (Å²) in [5.41, 5.74) is 7.51. The summed E-state index contributed by atoms with van der Waals surface area (Å²) >= 11 is 0. The minimum atomic E-state index is 0.428. The van der Waals surface area contributed by atoms with E-state index in [4.69, 9.17) is 10.5 Å². The summed E-state index contributed by atoms with van der Waals surface area (Å²) in [5, 5.41) is 8.01. The number of ether oxygens (including phenoxy) is 1. The quantitative estimate of drug-likeness (QED) is 0.812. The number of nitrogens with zero attached hydrogens (tertiary/aromatic N) is 4. The number of benzene rings is 1. The van der Waals surface area contributed by atoms with E-state index in [9.17, 15) is 0 Å². The van der Waals surface area contributed by atoms with Gasteiger partial charge in [0.1, 0.15) is 5.75 Å². The van der Waals surface area contributed by atoms with Crippen molar-refractivity contribution in [2.75, 3.05) is 20.7 Å². The normalized spacial score (nSPS) is 11.0. The summed E-state index contributed by atoms with van der Waals surface area (Å²) in [5.74, 6) is 0.922. The number of aromatic nitrogens is 3. The third kappa shape index (κ3) is 3.79. The maximum absolute atomic E-state index is 5.51. The number of rotatable bonds is 7. The summed E-state index contributed by atoms with van der Waals surface area (Å²) < 4.78 is 7.18. The van der Waals surface area contributed by atoms with Crippen molar-refractivity contribution in [2.24, 2.45) is 5.73 Å². The summed E-state index contributed by atoms with van der Waals surface area (Å²) in [6, 6.07) is 8.06. The summed E-state index contributed by atoms with van der Waals surface area (Å²) in [6.45, 7) is 2.93. The van der Waals surface area contributed by atoms with Gasteiger partial charge in [0, 0.05) is 31.4 Å². The molecule has 1 aromatic carbocycles. The van der Waals surface area contributed by atoms with Crippen LogP contribution in [0.3, 0.4) is 0 Å². The van der Waals surface area contributed by atoms with Gasteiger partial charge in [-0.3, -0.25) is 4.68 Å². The van der Waals surface area contributed by atoms with Crippen molar-refractivity contribution in [2.45, 2.75) is 19.6 Å². The lowest BCUT2D eigenvalue weighted by Crippen LogP contribution is -2.23. The fourth-order valence-corrected chi connectivity index (χ4v) is 2.02. The number of hydrogen-bond acceptors (Lipinski definition) is 5. The fraction of sp³-hybridized carbons (Fsp3) is 0.429. The Bertz CT molecular complexity index is 540. The molecule has 20 heavy (non-hydrogen) atoms. The Labute approximate surface area is 119 Å². The van der Waals surface area contributed by atoms with E-state index in [-0.39, 0.29) is 0 Å². The third-order valence-electron chi connectivity index (χ3n) is 3.14. The Morgan fingerprint density at radius 1 is 1.35 bits per heavy atom. The van der Waals surface area contributed by atoms with Gasteiger partial charge in [0.25, 0.3) is 0 Å². The van der Waals surface area contributed by atoms with E-state index in [1.165, 1.54) is 5.56 Å². The molecular weight excluding hydrogens is 254 g/mol. The van der Waals surface area contributed by atoms with Crippen LogP contribution in [0.25, 0.3) is 0 Å². The molecule has 0 bridgehead atoms. The molecule has 0 amide bonds. The lowest BCUT2D eigenvalue weighted by atomic mass is 10.2. The molecule has 1 aromatic heterocycles. The summed E-state index contributed by atoms with van der Waals surface area (Å²) in [6.07, 6.45) is 1.89. The largest absolute Gasteiger partial charge is 0.496 e. The highest BCUT2D eigenvalue weighted by atomic mass is 16.5. The first-order valence-corrected chi connectivity index (χ1v) is 6.62. The van der Waals surface area contributed by atoms with Gasteiger partial charge in [-0.15, -0.1) is 5.10 Å². The maximum Gasteiger partial charge on any atom is 0.123 e. The molecule has 0 aliphatic rings. The number of nitrogens with two attached hydrogens (primary N) is 1. The smallest absolute Gasteiger partial charge is 0.123 e. The van der Waals surface area contributed by atoms with Gasteiger partial charge in [0.2, 0.25) is 0 Å². The molecule has 108 valence electrons. The van der Waals surface area contributed by atoms with Crippen LogP contribution < -0.4 is 10.5 Å². The monoisotopic (exact) mass is 275 g/mol. The van der Waals surface area contributed by atoms with Gasteiger partial charge in [-0.2, -0.15) is 0 Å². The molecule has 0 aliphatic carbocycles. The number of para-hydroxylation sites is 1. The second-order valence-corrected chi connectivity index (χ2v) is 4.73. The molecule has 0 spiro atoms. The van der Waals surface area contributed by atoms with E-state index >= 15 is 0 Å². The first kappa shape index (κ1) is 14.5. The van der Waals surface area contributed by atoms with Gasteiger partial charge in [0.05, 0.1) is 19.3 Å². The fourth-order valence-electron chi connectivity index (χ4n) is 2.02. The Hall–Kier alpha value is -1.92. The maximum atomic E-state index is 5.51. The third-order valence-corrected chi connectivity index (χ3v) is 3.14. The van der Waals surface area contributed by atoms with Crippen LogP contribution >= 0.6 is 0 Å². The highest BCUT2D eigenvalue weighted by molar-refractivity contribution is 5.32. The Morgan fingerprint density at radius 2 is 2.15 bits per heavy atom. The van der Waals surface area contributed by atoms with E-state index in [0.717, 1.165) is 31.1 Å². The lowest BCUT2D eigenvalue weighted by Gasteiger charge is -2.18. The Kier molecular flexibility index (Phi) is 5.09. The van der Waals surface area contributed by atoms with Crippen LogP contribution in [0.4, 0.5) is 0 Å². The van der Waals surface area contributed by atoms with Crippen molar-refractivity contribution in [1.82, 2.24) is 19.9 Å². The van der Waals surface area contributed by atoms with Gasteiger partial charge in [-0.1, -0.05) is 23.4 Å². The Balaban J connectivity index is 1.87. The highest BCUT2D eigenvalue weighted by Crippen LogP contribution is 2.18. The van der Waals surface area contributed by atoms with Crippen LogP contribution in [0.2, 0.25) is 0 Å². The molecule has 6 nitrogen and oxygen atoms in total. The molecule has 2 N–H and O–H groups in total. The average Bonchev–Trinajstić information content (AvgIpc) is 2.94. The van der Waals surface area contributed by atoms with E-state index in [2.05, 4.69) is 28.3 Å². The van der Waals surface area contributed by atoms with E-state index in [1.54, 1.807) is 7.11 Å². The van der Waals surface area contributed by atoms with Crippen molar-refractivity contribution in [3.8, 4) is 5.75 Å². The first-order chi connectivity index (χ1) is 9.72. The zero-order chi connectivity index (χ0) is 14.4. The van der Waals surface area contributed by atoms with Gasteiger partial charge < -0.3 is 15.4 Å². The predicted molar refractivity (Wildman–Crippen MR) is 77.2 cm³/mol. The lowest BCUT2D eigenvalue weighted by molar-refractivity contribution is 0.297. The molecule has 6 heteroatoms. The number of likely N-dealkylation sites (N-methyl/N-ethyl adjacent to an activating group) is 1. The van der Waals surface area contributed by atoms with Crippen LogP contribution in [0.5, 0.6) is 5.75 Å². The van der Waals surface area contributed by atoms with Crippen molar-refractivity contribution < 1.29 is 4.74 Å². The standard InChI is InChI=1S/C14H21N5O/c1-18(7-8-19-11-13(9-15)16-17-19)10-12-5-3-4-6-14(12)20-2/h3-6,11H,7-10,15H2,1-2H3. The minimum absolute atomic E-state index is 0.428. The van der Waals surface area contributed by atoms with Crippen molar-refractivity contribution in [1.29, 1.82) is 0 Å². The molecule has 0 saturated carbocycles. The van der Waals surface area contributed by atoms with Crippen molar-refractivity contribution in [3.05, 3.63) is 41.7 Å². The van der Waals surface area contributed by atoms with Crippen LogP contribution in [0, 0.1) is 0 Å². The molecule has 0 atom stereocenters. The highest BCUT2D eigenvalue weighted by Gasteiger charge is 2.06. The average molecular weight is 275 g/mol. The topological polar surface area (TPSA) is 69.2 Å². The molecule has 0 unspecified atom stereocenters. The molecule has 2 aromatic rings. The SMILES string of the molecule is COc1ccccc1CN(C)CCn1cc(CN)nn1. The summed E-state index contributed by atoms with van der Waals surface area (Å²) in [4.78, 5) is 2.22.